The van der Waals surface area contributed by atoms with Crippen LogP contribution in [0.4, 0.5) is 0 Å². The van der Waals surface area contributed by atoms with Crippen LogP contribution < -0.4 is 0 Å². The Hall–Kier alpha value is -1.43. The van der Waals surface area contributed by atoms with Crippen LogP contribution in [-0.4, -0.2) is 45.7 Å². The molecule has 1 saturated heterocycles. The second kappa shape index (κ2) is 5.95. The number of H-pyrrole nitrogens is 1. The van der Waals surface area contributed by atoms with E-state index in [9.17, 15) is 4.79 Å². The topological polar surface area (TPSA) is 71.1 Å². The first-order valence-electron chi connectivity index (χ1n) is 6.38. The highest BCUT2D eigenvalue weighted by Crippen LogP contribution is 2.17. The fourth-order valence-corrected chi connectivity index (χ4v) is 2.11. The molecule has 2 rings (SSSR count). The Labute approximate surface area is 107 Å². The summed E-state index contributed by atoms with van der Waals surface area (Å²) in [4.78, 5) is 17.8. The molecule has 18 heavy (non-hydrogen) atoms. The molecule has 1 aromatic heterocycles. The van der Waals surface area contributed by atoms with Gasteiger partial charge < -0.3 is 9.64 Å². The summed E-state index contributed by atoms with van der Waals surface area (Å²) in [6.07, 6.45) is 3.82. The van der Waals surface area contributed by atoms with Crippen molar-refractivity contribution in [2.75, 3.05) is 13.7 Å². The van der Waals surface area contributed by atoms with Crippen molar-refractivity contribution < 1.29 is 9.53 Å². The van der Waals surface area contributed by atoms with E-state index in [0.717, 1.165) is 31.7 Å². The SMILES string of the molecule is Cc1nc(CN(C)C(=O)CCC2CCCO2)n[nH]1. The maximum absolute atomic E-state index is 11.9. The van der Waals surface area contributed by atoms with E-state index in [-0.39, 0.29) is 12.0 Å². The number of amides is 1. The molecule has 1 aliphatic rings. The van der Waals surface area contributed by atoms with Gasteiger partial charge in [-0.15, -0.1) is 0 Å². The number of aromatic nitrogens is 3. The monoisotopic (exact) mass is 252 g/mol. The minimum atomic E-state index is 0.118. The zero-order valence-electron chi connectivity index (χ0n) is 11.0. The lowest BCUT2D eigenvalue weighted by atomic mass is 10.1. The molecule has 0 bridgehead atoms. The fourth-order valence-electron chi connectivity index (χ4n) is 2.11. The Balaban J connectivity index is 1.74. The molecule has 1 atom stereocenters. The number of hydrogen-bond donors (Lipinski definition) is 1. The van der Waals surface area contributed by atoms with Gasteiger partial charge in [-0.2, -0.15) is 5.10 Å². The number of carbonyl (C=O) groups is 1. The van der Waals surface area contributed by atoms with Crippen LogP contribution in [0, 0.1) is 6.92 Å². The van der Waals surface area contributed by atoms with E-state index in [1.54, 1.807) is 11.9 Å². The van der Waals surface area contributed by atoms with Gasteiger partial charge in [0.2, 0.25) is 5.91 Å². The van der Waals surface area contributed by atoms with Crippen molar-refractivity contribution in [3.05, 3.63) is 11.6 Å². The minimum absolute atomic E-state index is 0.118. The number of aromatic amines is 1. The predicted octanol–water partition coefficient (Wildman–Crippen LogP) is 1.03. The molecular weight excluding hydrogens is 232 g/mol. The minimum Gasteiger partial charge on any atom is -0.378 e. The van der Waals surface area contributed by atoms with E-state index < -0.39 is 0 Å². The summed E-state index contributed by atoms with van der Waals surface area (Å²) in [5, 5.41) is 6.79. The van der Waals surface area contributed by atoms with Crippen molar-refractivity contribution in [2.24, 2.45) is 0 Å². The van der Waals surface area contributed by atoms with Crippen molar-refractivity contribution in [1.29, 1.82) is 0 Å². The Morgan fingerprint density at radius 2 is 2.44 bits per heavy atom. The number of hydrogen-bond acceptors (Lipinski definition) is 4. The maximum Gasteiger partial charge on any atom is 0.222 e. The molecule has 100 valence electrons. The number of aryl methyl sites for hydroxylation is 1. The summed E-state index contributed by atoms with van der Waals surface area (Å²) < 4.78 is 5.50. The van der Waals surface area contributed by atoms with Gasteiger partial charge in [0.25, 0.3) is 0 Å². The summed E-state index contributed by atoms with van der Waals surface area (Å²) >= 11 is 0. The molecule has 0 aliphatic carbocycles. The highest BCUT2D eigenvalue weighted by Gasteiger charge is 2.18. The Morgan fingerprint density at radius 1 is 1.61 bits per heavy atom. The van der Waals surface area contributed by atoms with E-state index in [4.69, 9.17) is 4.74 Å². The average molecular weight is 252 g/mol. The third-order valence-corrected chi connectivity index (χ3v) is 3.15. The molecular formula is C12H20N4O2. The first-order valence-corrected chi connectivity index (χ1v) is 6.38. The normalized spacial score (nSPS) is 19.1. The molecule has 1 N–H and O–H groups in total. The Bertz CT molecular complexity index is 399. The molecule has 0 radical (unpaired) electrons. The molecule has 6 nitrogen and oxygen atoms in total. The van der Waals surface area contributed by atoms with Crippen LogP contribution in [0.3, 0.4) is 0 Å². The second-order valence-electron chi connectivity index (χ2n) is 4.76. The number of ether oxygens (including phenoxy) is 1. The zero-order valence-corrected chi connectivity index (χ0v) is 11.0. The Morgan fingerprint density at radius 3 is 3.06 bits per heavy atom. The molecule has 0 spiro atoms. The van der Waals surface area contributed by atoms with Crippen LogP contribution in [0.2, 0.25) is 0 Å². The molecule has 0 aromatic carbocycles. The predicted molar refractivity (Wildman–Crippen MR) is 65.8 cm³/mol. The van der Waals surface area contributed by atoms with E-state index in [1.807, 2.05) is 6.92 Å². The summed E-state index contributed by atoms with van der Waals surface area (Å²) in [7, 11) is 1.78. The molecule has 1 unspecified atom stereocenters. The first-order chi connectivity index (χ1) is 8.65. The number of rotatable bonds is 5. The second-order valence-corrected chi connectivity index (χ2v) is 4.76. The fraction of sp³-hybridized carbons (Fsp3) is 0.750. The van der Waals surface area contributed by atoms with Crippen LogP contribution >= 0.6 is 0 Å². The van der Waals surface area contributed by atoms with Gasteiger partial charge in [0.1, 0.15) is 5.82 Å². The van der Waals surface area contributed by atoms with Crippen molar-refractivity contribution in [3.8, 4) is 0 Å². The van der Waals surface area contributed by atoms with E-state index in [2.05, 4.69) is 15.2 Å². The maximum atomic E-state index is 11.9. The van der Waals surface area contributed by atoms with Gasteiger partial charge in [0, 0.05) is 20.1 Å². The average Bonchev–Trinajstić information content (AvgIpc) is 2.97. The van der Waals surface area contributed by atoms with Gasteiger partial charge in [0.15, 0.2) is 5.82 Å². The quantitative estimate of drug-likeness (QED) is 0.849. The molecule has 1 aromatic rings. The van der Waals surface area contributed by atoms with Crippen LogP contribution in [0.5, 0.6) is 0 Å². The van der Waals surface area contributed by atoms with Crippen LogP contribution in [0.1, 0.15) is 37.3 Å². The number of nitrogens with zero attached hydrogens (tertiary/aromatic N) is 3. The summed E-state index contributed by atoms with van der Waals surface area (Å²) in [6, 6.07) is 0. The van der Waals surface area contributed by atoms with Crippen LogP contribution in [0.15, 0.2) is 0 Å². The lowest BCUT2D eigenvalue weighted by Gasteiger charge is -2.16. The number of nitrogens with one attached hydrogen (secondary N) is 1. The molecule has 1 amide bonds. The lowest BCUT2D eigenvalue weighted by molar-refractivity contribution is -0.131. The largest absolute Gasteiger partial charge is 0.378 e. The van der Waals surface area contributed by atoms with E-state index in [1.165, 1.54) is 0 Å². The number of carbonyl (C=O) groups excluding carboxylic acids is 1. The van der Waals surface area contributed by atoms with E-state index >= 15 is 0 Å². The van der Waals surface area contributed by atoms with Crippen LogP contribution in [-0.2, 0) is 16.1 Å². The van der Waals surface area contributed by atoms with Crippen molar-refractivity contribution in [2.45, 2.75) is 45.3 Å². The first kappa shape index (κ1) is 13.0. The van der Waals surface area contributed by atoms with Gasteiger partial charge >= 0.3 is 0 Å². The van der Waals surface area contributed by atoms with Crippen molar-refractivity contribution in [3.63, 3.8) is 0 Å². The van der Waals surface area contributed by atoms with Gasteiger partial charge in [-0.25, -0.2) is 4.98 Å². The Kier molecular flexibility index (Phi) is 4.30. The standard InChI is InChI=1S/C12H20N4O2/c1-9-13-11(15-14-9)8-16(2)12(17)6-5-10-4-3-7-18-10/h10H,3-8H2,1-2H3,(H,13,14,15). The van der Waals surface area contributed by atoms with Crippen LogP contribution in [0.25, 0.3) is 0 Å². The van der Waals surface area contributed by atoms with Crippen molar-refractivity contribution >= 4 is 5.91 Å². The van der Waals surface area contributed by atoms with Gasteiger partial charge in [-0.3, -0.25) is 9.89 Å². The smallest absolute Gasteiger partial charge is 0.222 e. The molecule has 1 aliphatic heterocycles. The molecule has 0 saturated carbocycles. The third kappa shape index (κ3) is 3.53. The van der Waals surface area contributed by atoms with Gasteiger partial charge in [-0.1, -0.05) is 0 Å². The van der Waals surface area contributed by atoms with Gasteiger partial charge in [0.05, 0.1) is 12.6 Å². The molecule has 2 heterocycles. The van der Waals surface area contributed by atoms with Crippen molar-refractivity contribution in [1.82, 2.24) is 20.1 Å². The van der Waals surface area contributed by atoms with E-state index in [0.29, 0.717) is 18.8 Å². The zero-order chi connectivity index (χ0) is 13.0. The molecule has 6 heteroatoms. The summed E-state index contributed by atoms with van der Waals surface area (Å²) in [5.74, 6) is 1.54. The molecule has 1 fully saturated rings. The summed E-state index contributed by atoms with van der Waals surface area (Å²) in [6.45, 7) is 3.13. The lowest BCUT2D eigenvalue weighted by Crippen LogP contribution is -2.27. The van der Waals surface area contributed by atoms with Gasteiger partial charge in [-0.05, 0) is 26.2 Å². The highest BCUT2D eigenvalue weighted by molar-refractivity contribution is 5.75. The summed E-state index contributed by atoms with van der Waals surface area (Å²) in [5.41, 5.74) is 0. The highest BCUT2D eigenvalue weighted by atomic mass is 16.5. The third-order valence-electron chi connectivity index (χ3n) is 3.15.